The molecule has 0 radical (unpaired) electrons. The molecule has 0 aliphatic heterocycles. The van der Waals surface area contributed by atoms with Gasteiger partial charge in [-0.25, -0.2) is 24.1 Å². The van der Waals surface area contributed by atoms with Crippen LogP contribution in [0, 0.1) is 5.82 Å². The second-order valence-corrected chi connectivity index (χ2v) is 5.77. The average Bonchev–Trinajstić information content (AvgIpc) is 3.15. The van der Waals surface area contributed by atoms with Gasteiger partial charge in [0.1, 0.15) is 12.1 Å². The van der Waals surface area contributed by atoms with Crippen LogP contribution in [0.2, 0.25) is 5.02 Å². The number of nitrogens with zero attached hydrogens (tertiary/aromatic N) is 5. The van der Waals surface area contributed by atoms with Crippen molar-refractivity contribution in [2.75, 3.05) is 12.4 Å². The van der Waals surface area contributed by atoms with Gasteiger partial charge in [0.25, 0.3) is 5.95 Å². The fourth-order valence-corrected chi connectivity index (χ4v) is 2.54. The minimum Gasteiger partial charge on any atom is -0.495 e. The summed E-state index contributed by atoms with van der Waals surface area (Å²) in [5.41, 5.74) is -0.0849. The molecular weight excluding hydrogens is 377 g/mol. The van der Waals surface area contributed by atoms with Crippen LogP contribution < -0.4 is 15.4 Å². The number of anilines is 1. The van der Waals surface area contributed by atoms with Gasteiger partial charge >= 0.3 is 6.03 Å². The number of carbonyl (C=O) groups is 1. The quantitative estimate of drug-likeness (QED) is 0.692. The van der Waals surface area contributed by atoms with Crippen molar-refractivity contribution in [3.05, 3.63) is 53.6 Å². The normalized spacial score (nSPS) is 11.7. The minimum absolute atomic E-state index is 0.0849. The Kier molecular flexibility index (Phi) is 5.46. The van der Waals surface area contributed by atoms with E-state index in [9.17, 15) is 9.18 Å². The highest BCUT2D eigenvalue weighted by atomic mass is 35.5. The maximum Gasteiger partial charge on any atom is 0.319 e. The first-order chi connectivity index (χ1) is 13.0. The van der Waals surface area contributed by atoms with Gasteiger partial charge in [-0.3, -0.25) is 0 Å². The summed E-state index contributed by atoms with van der Waals surface area (Å²) in [5.74, 6) is 0.209. The molecular formula is C16H15ClFN7O2. The van der Waals surface area contributed by atoms with Gasteiger partial charge < -0.3 is 15.4 Å². The molecule has 2 aromatic heterocycles. The number of rotatable bonds is 5. The molecule has 2 heterocycles. The number of hydrogen-bond donors (Lipinski definition) is 2. The molecule has 140 valence electrons. The number of urea groups is 1. The number of methoxy groups -OCH3 is 1. The van der Waals surface area contributed by atoms with Crippen LogP contribution in [0.4, 0.5) is 14.9 Å². The zero-order valence-electron chi connectivity index (χ0n) is 14.3. The van der Waals surface area contributed by atoms with Crippen LogP contribution in [0.5, 0.6) is 5.75 Å². The largest absolute Gasteiger partial charge is 0.495 e. The van der Waals surface area contributed by atoms with Gasteiger partial charge in [-0.05, 0) is 19.1 Å². The summed E-state index contributed by atoms with van der Waals surface area (Å²) < 4.78 is 20.4. The van der Waals surface area contributed by atoms with Crippen molar-refractivity contribution in [3.8, 4) is 11.7 Å². The fourth-order valence-electron chi connectivity index (χ4n) is 2.30. The topological polar surface area (TPSA) is 107 Å². The monoisotopic (exact) mass is 391 g/mol. The van der Waals surface area contributed by atoms with Crippen LogP contribution in [0.1, 0.15) is 18.8 Å². The van der Waals surface area contributed by atoms with Crippen molar-refractivity contribution in [2.45, 2.75) is 13.0 Å². The van der Waals surface area contributed by atoms with E-state index in [0.29, 0.717) is 11.8 Å². The molecule has 0 saturated heterocycles. The zero-order valence-corrected chi connectivity index (χ0v) is 15.1. The van der Waals surface area contributed by atoms with Crippen LogP contribution in [0.25, 0.3) is 5.95 Å². The Morgan fingerprint density at radius 3 is 2.74 bits per heavy atom. The third-order valence-corrected chi connectivity index (χ3v) is 3.84. The lowest BCUT2D eigenvalue weighted by molar-refractivity contribution is 0.248. The molecule has 1 unspecified atom stereocenters. The van der Waals surface area contributed by atoms with E-state index in [4.69, 9.17) is 16.3 Å². The second kappa shape index (κ2) is 7.96. The van der Waals surface area contributed by atoms with E-state index in [1.807, 2.05) is 0 Å². The molecule has 9 nitrogen and oxygen atoms in total. The summed E-state index contributed by atoms with van der Waals surface area (Å²) in [7, 11) is 1.37. The van der Waals surface area contributed by atoms with Crippen LogP contribution in [-0.2, 0) is 0 Å². The Morgan fingerprint density at radius 1 is 1.30 bits per heavy atom. The molecule has 3 rings (SSSR count). The van der Waals surface area contributed by atoms with Gasteiger partial charge in [-0.15, -0.1) is 0 Å². The van der Waals surface area contributed by atoms with Gasteiger partial charge in [-0.1, -0.05) is 11.6 Å². The highest BCUT2D eigenvalue weighted by molar-refractivity contribution is 6.32. The summed E-state index contributed by atoms with van der Waals surface area (Å²) >= 11 is 5.96. The first-order valence-electron chi connectivity index (χ1n) is 7.77. The number of benzene rings is 1. The summed E-state index contributed by atoms with van der Waals surface area (Å²) in [6.07, 6.45) is 4.45. The summed E-state index contributed by atoms with van der Waals surface area (Å²) in [4.78, 5) is 24.5. The molecule has 1 atom stereocenters. The molecule has 0 fully saturated rings. The van der Waals surface area contributed by atoms with Crippen molar-refractivity contribution >= 4 is 23.3 Å². The Hall–Kier alpha value is -3.27. The zero-order chi connectivity index (χ0) is 19.4. The molecule has 0 bridgehead atoms. The molecule has 0 aliphatic carbocycles. The summed E-state index contributed by atoms with van der Waals surface area (Å²) in [6, 6.07) is 2.81. The Labute approximate surface area is 158 Å². The molecule has 3 aromatic rings. The third-order valence-electron chi connectivity index (χ3n) is 3.54. The van der Waals surface area contributed by atoms with E-state index < -0.39 is 17.9 Å². The summed E-state index contributed by atoms with van der Waals surface area (Å²) in [6.45, 7) is 1.69. The van der Waals surface area contributed by atoms with Gasteiger partial charge in [0.15, 0.2) is 11.6 Å². The molecule has 2 N–H and O–H groups in total. The Bertz CT molecular complexity index is 951. The first-order valence-corrected chi connectivity index (χ1v) is 8.15. The maximum absolute atomic E-state index is 14.0. The lowest BCUT2D eigenvalue weighted by atomic mass is 10.3. The van der Waals surface area contributed by atoms with Crippen LogP contribution >= 0.6 is 11.6 Å². The van der Waals surface area contributed by atoms with Gasteiger partial charge in [0, 0.05) is 18.5 Å². The van der Waals surface area contributed by atoms with E-state index in [2.05, 4.69) is 30.7 Å². The number of ether oxygens (including phenoxy) is 1. The Balaban J connectivity index is 1.72. The van der Waals surface area contributed by atoms with E-state index in [1.54, 1.807) is 25.4 Å². The van der Waals surface area contributed by atoms with E-state index in [-0.39, 0.29) is 16.5 Å². The lowest BCUT2D eigenvalue weighted by Crippen LogP contribution is -2.33. The van der Waals surface area contributed by atoms with Crippen molar-refractivity contribution < 1.29 is 13.9 Å². The number of amides is 2. The first kappa shape index (κ1) is 18.5. The molecule has 27 heavy (non-hydrogen) atoms. The fraction of sp³-hybridized carbons (Fsp3) is 0.188. The molecule has 11 heteroatoms. The number of nitrogens with one attached hydrogen (secondary N) is 2. The van der Waals surface area contributed by atoms with E-state index in [0.717, 1.165) is 6.07 Å². The minimum atomic E-state index is -0.681. The molecule has 0 aliphatic rings. The van der Waals surface area contributed by atoms with Crippen molar-refractivity contribution in [1.29, 1.82) is 0 Å². The Morgan fingerprint density at radius 2 is 2.04 bits per heavy atom. The van der Waals surface area contributed by atoms with E-state index >= 15 is 0 Å². The smallest absolute Gasteiger partial charge is 0.319 e. The van der Waals surface area contributed by atoms with Gasteiger partial charge in [0.05, 0.1) is 23.9 Å². The van der Waals surface area contributed by atoms with Gasteiger partial charge in [0.2, 0.25) is 0 Å². The number of aromatic nitrogens is 5. The van der Waals surface area contributed by atoms with Crippen LogP contribution in [0.15, 0.2) is 36.9 Å². The molecule has 2 amide bonds. The predicted molar refractivity (Wildman–Crippen MR) is 95.5 cm³/mol. The molecule has 0 saturated carbocycles. The van der Waals surface area contributed by atoms with E-state index in [1.165, 1.54) is 24.2 Å². The highest BCUT2D eigenvalue weighted by Crippen LogP contribution is 2.30. The van der Waals surface area contributed by atoms with Gasteiger partial charge in [-0.2, -0.15) is 9.78 Å². The second-order valence-electron chi connectivity index (χ2n) is 5.37. The number of carbonyl (C=O) groups excluding carboxylic acids is 1. The lowest BCUT2D eigenvalue weighted by Gasteiger charge is -2.15. The highest BCUT2D eigenvalue weighted by Gasteiger charge is 2.19. The maximum atomic E-state index is 14.0. The molecule has 0 spiro atoms. The predicted octanol–water partition coefficient (Wildman–Crippen LogP) is 2.74. The standard InChI is InChI=1S/C16H15ClFN7O2/c1-9(14-21-8-22-25(14)15-19-4-3-5-20-15)23-16(26)24-12-6-10(17)13(27-2)7-11(12)18/h3-9H,1-2H3,(H2,23,24,26). The van der Waals surface area contributed by atoms with Crippen molar-refractivity contribution in [1.82, 2.24) is 30.0 Å². The SMILES string of the molecule is COc1cc(F)c(NC(=O)NC(C)c2ncnn2-c2ncccn2)cc1Cl. The number of halogens is 2. The summed E-state index contributed by atoms with van der Waals surface area (Å²) in [5, 5.41) is 9.28. The van der Waals surface area contributed by atoms with Crippen LogP contribution in [-0.4, -0.2) is 37.9 Å². The van der Waals surface area contributed by atoms with Crippen molar-refractivity contribution in [3.63, 3.8) is 0 Å². The molecule has 1 aromatic carbocycles. The average molecular weight is 392 g/mol. The number of hydrogen-bond acceptors (Lipinski definition) is 6. The van der Waals surface area contributed by atoms with Crippen molar-refractivity contribution in [2.24, 2.45) is 0 Å². The van der Waals surface area contributed by atoms with Crippen LogP contribution in [0.3, 0.4) is 0 Å². The third kappa shape index (κ3) is 4.11.